The van der Waals surface area contributed by atoms with Gasteiger partial charge in [-0.25, -0.2) is 23.1 Å². The second-order valence-corrected chi connectivity index (χ2v) is 13.4. The molecule has 3 aromatic rings. The molecule has 2 atom stereocenters. The maximum atomic E-state index is 13.5. The van der Waals surface area contributed by atoms with E-state index in [9.17, 15) is 18.5 Å². The first kappa shape index (κ1) is 25.7. The molecule has 0 spiro atoms. The number of aromatic nitrogens is 4. The number of nitrogens with zero attached hydrogens (tertiary/aromatic N) is 6. The van der Waals surface area contributed by atoms with E-state index in [4.69, 9.17) is 5.10 Å². The van der Waals surface area contributed by atoms with E-state index in [0.29, 0.717) is 25.5 Å². The second-order valence-electron chi connectivity index (χ2n) is 11.1. The van der Waals surface area contributed by atoms with Gasteiger partial charge in [0.15, 0.2) is 9.84 Å². The highest BCUT2D eigenvalue weighted by atomic mass is 32.2. The molecule has 0 bridgehead atoms. The van der Waals surface area contributed by atoms with Crippen LogP contribution in [0, 0.1) is 22.7 Å². The van der Waals surface area contributed by atoms with Crippen molar-refractivity contribution in [3.05, 3.63) is 54.6 Å². The van der Waals surface area contributed by atoms with Crippen LogP contribution in [-0.4, -0.2) is 58.5 Å². The van der Waals surface area contributed by atoms with Gasteiger partial charge >= 0.3 is 0 Å². The van der Waals surface area contributed by atoms with Crippen LogP contribution in [0.1, 0.15) is 56.6 Å². The number of carbonyl (C=O) groups excluding carboxylic acids is 1. The topological polar surface area (TPSA) is 122 Å². The molecule has 0 radical (unpaired) electrons. The number of ketones is 1. The summed E-state index contributed by atoms with van der Waals surface area (Å²) in [6.45, 7) is 0.985. The lowest BCUT2D eigenvalue weighted by molar-refractivity contribution is -0.125. The predicted octanol–water partition coefficient (Wildman–Crippen LogP) is 4.10. The van der Waals surface area contributed by atoms with Crippen molar-refractivity contribution in [2.24, 2.45) is 11.3 Å². The van der Waals surface area contributed by atoms with E-state index < -0.39 is 15.3 Å². The summed E-state index contributed by atoms with van der Waals surface area (Å²) in [7, 11) is -2.95. The van der Waals surface area contributed by atoms with Crippen LogP contribution in [0.2, 0.25) is 0 Å². The molecule has 2 aliphatic carbocycles. The summed E-state index contributed by atoms with van der Waals surface area (Å²) in [5.41, 5.74) is 3.34. The van der Waals surface area contributed by atoms with E-state index >= 15 is 0 Å². The van der Waals surface area contributed by atoms with E-state index in [1.807, 2.05) is 30.5 Å². The van der Waals surface area contributed by atoms with Gasteiger partial charge in [-0.3, -0.25) is 4.79 Å². The standard InChI is InChI=1S/C29H32N6O3S/c30-20-29(10-11-29)18-26(36)23-4-1-2-5-24(23)27-25(19-35(33-27)28-31-12-3-13-32-28)21-6-8-22(9-7-21)34-14-16-39(37,38)17-15-34/h3,6-9,12-13,19,23-24H,1-2,4-5,10-11,14-18H2/t23-,24-/m1/s1. The largest absolute Gasteiger partial charge is 0.369 e. The molecule has 3 heterocycles. The monoisotopic (exact) mass is 544 g/mol. The summed E-state index contributed by atoms with van der Waals surface area (Å²) < 4.78 is 25.4. The number of Topliss-reactive ketones (excluding diaryl/α,β-unsaturated/α-hetero) is 1. The number of carbonyl (C=O) groups is 1. The summed E-state index contributed by atoms with van der Waals surface area (Å²) in [5, 5.41) is 14.6. The van der Waals surface area contributed by atoms with Gasteiger partial charge in [0, 0.05) is 61.2 Å². The fraction of sp³-hybridized carbons (Fsp3) is 0.483. The Morgan fingerprint density at radius 1 is 1.05 bits per heavy atom. The highest BCUT2D eigenvalue weighted by Gasteiger charge is 2.47. The number of anilines is 1. The molecule has 2 saturated carbocycles. The molecule has 3 fully saturated rings. The molecule has 10 heteroatoms. The van der Waals surface area contributed by atoms with Crippen LogP contribution in [0.25, 0.3) is 17.1 Å². The lowest BCUT2D eigenvalue weighted by Gasteiger charge is -2.31. The van der Waals surface area contributed by atoms with Crippen molar-refractivity contribution in [1.82, 2.24) is 19.7 Å². The molecule has 202 valence electrons. The Balaban J connectivity index is 1.34. The average Bonchev–Trinajstić information content (AvgIpc) is 3.60. The normalized spacial score (nSPS) is 23.6. The first-order valence-electron chi connectivity index (χ1n) is 13.7. The van der Waals surface area contributed by atoms with Crippen molar-refractivity contribution >= 4 is 21.3 Å². The van der Waals surface area contributed by atoms with Crippen LogP contribution in [-0.2, 0) is 14.6 Å². The summed E-state index contributed by atoms with van der Waals surface area (Å²) in [6.07, 6.45) is 11.0. The second kappa shape index (κ2) is 10.2. The molecule has 1 aliphatic heterocycles. The lowest BCUT2D eigenvalue weighted by atomic mass is 9.72. The van der Waals surface area contributed by atoms with Gasteiger partial charge in [-0.05, 0) is 49.4 Å². The lowest BCUT2D eigenvalue weighted by Crippen LogP contribution is -2.40. The van der Waals surface area contributed by atoms with Gasteiger partial charge in [0.1, 0.15) is 5.78 Å². The third-order valence-electron chi connectivity index (χ3n) is 8.52. The van der Waals surface area contributed by atoms with E-state index in [1.54, 1.807) is 23.1 Å². The molecule has 1 aromatic carbocycles. The molecule has 9 nitrogen and oxygen atoms in total. The highest BCUT2D eigenvalue weighted by Crippen LogP contribution is 2.51. The van der Waals surface area contributed by atoms with Gasteiger partial charge in [-0.1, -0.05) is 25.0 Å². The van der Waals surface area contributed by atoms with Gasteiger partial charge in [0.25, 0.3) is 0 Å². The van der Waals surface area contributed by atoms with Gasteiger partial charge in [-0.2, -0.15) is 10.4 Å². The first-order chi connectivity index (χ1) is 18.9. The zero-order chi connectivity index (χ0) is 27.0. The zero-order valence-electron chi connectivity index (χ0n) is 21.9. The van der Waals surface area contributed by atoms with Crippen molar-refractivity contribution in [1.29, 1.82) is 5.26 Å². The maximum absolute atomic E-state index is 13.5. The molecule has 2 aromatic heterocycles. The van der Waals surface area contributed by atoms with E-state index in [0.717, 1.165) is 61.0 Å². The molecule has 0 unspecified atom stereocenters. The molecular formula is C29H32N6O3S. The van der Waals surface area contributed by atoms with Crippen molar-refractivity contribution in [2.45, 2.75) is 50.9 Å². The summed E-state index contributed by atoms with van der Waals surface area (Å²) in [6, 6.07) is 12.3. The van der Waals surface area contributed by atoms with Gasteiger partial charge in [0.05, 0.1) is 28.7 Å². The molecular weight excluding hydrogens is 512 g/mol. The van der Waals surface area contributed by atoms with Crippen LogP contribution in [0.15, 0.2) is 48.9 Å². The number of hydrogen-bond acceptors (Lipinski definition) is 8. The molecule has 0 amide bonds. The minimum Gasteiger partial charge on any atom is -0.369 e. The fourth-order valence-electron chi connectivity index (χ4n) is 6.01. The SMILES string of the molecule is N#CC1(CC(=O)[C@@H]2CCCC[C@H]2c2nn(-c3ncccn3)cc2-c2ccc(N3CCS(=O)(=O)CC3)cc2)CC1. The highest BCUT2D eigenvalue weighted by molar-refractivity contribution is 7.91. The fourth-order valence-corrected chi connectivity index (χ4v) is 7.21. The average molecular weight is 545 g/mol. The molecule has 1 saturated heterocycles. The summed E-state index contributed by atoms with van der Waals surface area (Å²) >= 11 is 0. The number of hydrogen-bond donors (Lipinski definition) is 0. The van der Waals surface area contributed by atoms with Gasteiger partial charge < -0.3 is 4.90 Å². The molecule has 0 N–H and O–H groups in total. The van der Waals surface area contributed by atoms with Crippen LogP contribution >= 0.6 is 0 Å². The predicted molar refractivity (Wildman–Crippen MR) is 147 cm³/mol. The zero-order valence-corrected chi connectivity index (χ0v) is 22.7. The Bertz CT molecular complexity index is 1490. The van der Waals surface area contributed by atoms with Crippen molar-refractivity contribution in [2.75, 3.05) is 29.5 Å². The number of sulfone groups is 1. The van der Waals surface area contributed by atoms with Crippen molar-refractivity contribution < 1.29 is 13.2 Å². The minimum absolute atomic E-state index is 0.0346. The summed E-state index contributed by atoms with van der Waals surface area (Å²) in [4.78, 5) is 24.4. The Morgan fingerprint density at radius 3 is 2.41 bits per heavy atom. The maximum Gasteiger partial charge on any atom is 0.250 e. The number of nitriles is 1. The van der Waals surface area contributed by atoms with E-state index in [1.165, 1.54) is 0 Å². The Kier molecular flexibility index (Phi) is 6.71. The van der Waals surface area contributed by atoms with E-state index in [-0.39, 0.29) is 29.1 Å². The van der Waals surface area contributed by atoms with E-state index in [2.05, 4.69) is 20.9 Å². The molecule has 39 heavy (non-hydrogen) atoms. The smallest absolute Gasteiger partial charge is 0.250 e. The summed E-state index contributed by atoms with van der Waals surface area (Å²) in [5.74, 6) is 0.812. The van der Waals surface area contributed by atoms with Crippen molar-refractivity contribution in [3.8, 4) is 23.1 Å². The van der Waals surface area contributed by atoms with Gasteiger partial charge in [-0.15, -0.1) is 0 Å². The Hall–Kier alpha value is -3.58. The third kappa shape index (κ3) is 5.33. The van der Waals surface area contributed by atoms with Crippen LogP contribution in [0.4, 0.5) is 5.69 Å². The molecule has 3 aliphatic rings. The first-order valence-corrected chi connectivity index (χ1v) is 15.6. The van der Waals surface area contributed by atoms with Crippen molar-refractivity contribution in [3.63, 3.8) is 0 Å². The van der Waals surface area contributed by atoms with Gasteiger partial charge in [0.2, 0.25) is 5.95 Å². The van der Waals surface area contributed by atoms with Crippen LogP contribution < -0.4 is 4.90 Å². The quantitative estimate of drug-likeness (QED) is 0.436. The minimum atomic E-state index is -2.95. The van der Waals surface area contributed by atoms with Crippen LogP contribution in [0.3, 0.4) is 0 Å². The number of benzene rings is 1. The molecule has 6 rings (SSSR count). The third-order valence-corrected chi connectivity index (χ3v) is 10.1. The van der Waals surface area contributed by atoms with Crippen LogP contribution in [0.5, 0.6) is 0 Å². The Morgan fingerprint density at radius 2 is 1.74 bits per heavy atom. The Labute approximate surface area is 228 Å². The number of rotatable bonds is 7.